The molecule has 1 aromatic rings. The number of rotatable bonds is 0. The maximum absolute atomic E-state index is 10.9. The molecule has 0 unspecified atom stereocenters. The van der Waals surface area contributed by atoms with Crippen LogP contribution in [0.2, 0.25) is 0 Å². The molecule has 1 amide bonds. The number of carbonyl (C=O) groups excluding carboxylic acids is 1. The molecule has 0 radical (unpaired) electrons. The van der Waals surface area contributed by atoms with Crippen molar-refractivity contribution in [2.24, 2.45) is 0 Å². The molecule has 0 aromatic heterocycles. The Morgan fingerprint density at radius 2 is 2.08 bits per heavy atom. The molecule has 1 N–H and O–H groups in total. The second-order valence-corrected chi connectivity index (χ2v) is 2.89. The third-order valence-electron chi connectivity index (χ3n) is 1.89. The Hall–Kier alpha value is -1.31. The number of fused-ring (bicyclic) bond motifs is 1. The van der Waals surface area contributed by atoms with Gasteiger partial charge < -0.3 is 5.32 Å². The Labute approximate surface area is 80.5 Å². The molecule has 13 heavy (non-hydrogen) atoms. The van der Waals surface area contributed by atoms with Gasteiger partial charge in [0.05, 0.1) is 6.42 Å². The number of nitrogens with one attached hydrogen (secondary N) is 1. The van der Waals surface area contributed by atoms with Crippen LogP contribution in [0, 0.1) is 6.92 Å². The lowest BCUT2D eigenvalue weighted by Crippen LogP contribution is -2.03. The minimum Gasteiger partial charge on any atom is -0.326 e. The third-order valence-corrected chi connectivity index (χ3v) is 1.89. The molecule has 2 rings (SSSR count). The normalized spacial score (nSPS) is 12.7. The first-order valence-corrected chi connectivity index (χ1v) is 4.65. The number of aryl methyl sites for hydroxylation is 1. The zero-order chi connectivity index (χ0) is 9.84. The van der Waals surface area contributed by atoms with Crippen LogP contribution >= 0.6 is 0 Å². The fourth-order valence-electron chi connectivity index (χ4n) is 1.33. The van der Waals surface area contributed by atoms with Crippen molar-refractivity contribution in [2.45, 2.75) is 27.2 Å². The Morgan fingerprint density at radius 1 is 1.38 bits per heavy atom. The molecule has 2 nitrogen and oxygen atoms in total. The highest BCUT2D eigenvalue weighted by Gasteiger charge is 2.16. The summed E-state index contributed by atoms with van der Waals surface area (Å²) in [6.45, 7) is 6.02. The second kappa shape index (κ2) is 4.08. The van der Waals surface area contributed by atoms with Crippen LogP contribution in [0.5, 0.6) is 0 Å². The van der Waals surface area contributed by atoms with E-state index in [4.69, 9.17) is 0 Å². The largest absolute Gasteiger partial charge is 0.326 e. The molecule has 0 saturated carbocycles. The van der Waals surface area contributed by atoms with Crippen LogP contribution in [0.3, 0.4) is 0 Å². The molecule has 72 valence electrons. The smallest absolute Gasteiger partial charge is 0.228 e. The quantitative estimate of drug-likeness (QED) is 0.652. The zero-order valence-corrected chi connectivity index (χ0v) is 8.35. The maximum Gasteiger partial charge on any atom is 0.228 e. The van der Waals surface area contributed by atoms with Crippen LogP contribution in [0.15, 0.2) is 18.2 Å². The van der Waals surface area contributed by atoms with E-state index in [1.54, 1.807) is 0 Å². The molecule has 0 atom stereocenters. The van der Waals surface area contributed by atoms with Crippen LogP contribution in [0.4, 0.5) is 5.69 Å². The average molecular weight is 179 g/mol. The van der Waals surface area contributed by atoms with Crippen molar-refractivity contribution in [1.29, 1.82) is 0 Å². The number of hydrogen-bond donors (Lipinski definition) is 1. The van der Waals surface area contributed by atoms with E-state index in [0.29, 0.717) is 6.42 Å². The minimum absolute atomic E-state index is 0. The third kappa shape index (κ3) is 2.08. The highest BCUT2D eigenvalue weighted by Crippen LogP contribution is 2.23. The summed E-state index contributed by atoms with van der Waals surface area (Å²) in [6.07, 6.45) is 0.537. The Balaban J connectivity index is 0.000000531. The van der Waals surface area contributed by atoms with Gasteiger partial charge in [0.1, 0.15) is 0 Å². The van der Waals surface area contributed by atoms with Gasteiger partial charge in [-0.2, -0.15) is 0 Å². The van der Waals surface area contributed by atoms with E-state index >= 15 is 0 Å². The first kappa shape index (κ1) is 9.78. The lowest BCUT2D eigenvalue weighted by molar-refractivity contribution is -0.115. The van der Waals surface area contributed by atoms with E-state index in [1.165, 1.54) is 5.56 Å². The summed E-state index contributed by atoms with van der Waals surface area (Å²) in [5.74, 6) is 0.102. The van der Waals surface area contributed by atoms with E-state index in [-0.39, 0.29) is 7.33 Å². The number of carbonyl (C=O) groups is 1. The van der Waals surface area contributed by atoms with Gasteiger partial charge in [0.15, 0.2) is 0 Å². The summed E-state index contributed by atoms with van der Waals surface area (Å²) >= 11 is 0. The van der Waals surface area contributed by atoms with Crippen LogP contribution in [0.25, 0.3) is 0 Å². The van der Waals surface area contributed by atoms with Crippen LogP contribution < -0.4 is 5.32 Å². The molecular formula is C11H17NO. The highest BCUT2D eigenvalue weighted by atomic mass is 16.1. The van der Waals surface area contributed by atoms with E-state index < -0.39 is 0 Å². The SMILES string of the molecule is CC.Cc1ccc2c(c1)NC(=O)C2.[HH]. The van der Waals surface area contributed by atoms with Crippen LogP contribution in [-0.4, -0.2) is 5.91 Å². The predicted molar refractivity (Wildman–Crippen MR) is 57.0 cm³/mol. The lowest BCUT2D eigenvalue weighted by atomic mass is 10.1. The lowest BCUT2D eigenvalue weighted by Gasteiger charge is -1.97. The topological polar surface area (TPSA) is 29.1 Å². The molecular weight excluding hydrogens is 162 g/mol. The van der Waals surface area contributed by atoms with Gasteiger partial charge in [-0.25, -0.2) is 0 Å². The van der Waals surface area contributed by atoms with Gasteiger partial charge >= 0.3 is 0 Å². The molecule has 1 aliphatic heterocycles. The molecule has 0 aliphatic carbocycles. The van der Waals surface area contributed by atoms with Crippen molar-refractivity contribution < 1.29 is 6.22 Å². The summed E-state index contributed by atoms with van der Waals surface area (Å²) in [7, 11) is 0. The van der Waals surface area contributed by atoms with Gasteiger partial charge in [0, 0.05) is 7.11 Å². The molecule has 1 aromatic carbocycles. The molecule has 0 saturated heterocycles. The van der Waals surface area contributed by atoms with E-state index in [2.05, 4.69) is 5.32 Å². The van der Waals surface area contributed by atoms with Crippen LogP contribution in [0.1, 0.15) is 26.4 Å². The van der Waals surface area contributed by atoms with Crippen molar-refractivity contribution in [3.05, 3.63) is 29.3 Å². The summed E-state index contributed by atoms with van der Waals surface area (Å²) in [5.41, 5.74) is 3.28. The van der Waals surface area contributed by atoms with E-state index in [1.807, 2.05) is 39.0 Å². The van der Waals surface area contributed by atoms with Gasteiger partial charge in [-0.05, 0) is 24.1 Å². The fourth-order valence-corrected chi connectivity index (χ4v) is 1.33. The van der Waals surface area contributed by atoms with Crippen molar-refractivity contribution >= 4 is 11.6 Å². The van der Waals surface area contributed by atoms with Crippen molar-refractivity contribution in [3.63, 3.8) is 0 Å². The van der Waals surface area contributed by atoms with Gasteiger partial charge in [-0.3, -0.25) is 4.79 Å². The Kier molecular flexibility index (Phi) is 3.07. The molecule has 1 heterocycles. The first-order chi connectivity index (χ1) is 6.25. The fraction of sp³-hybridized carbons (Fsp3) is 0.364. The highest BCUT2D eigenvalue weighted by molar-refractivity contribution is 5.99. The summed E-state index contributed by atoms with van der Waals surface area (Å²) in [5, 5.41) is 2.80. The number of anilines is 1. The summed E-state index contributed by atoms with van der Waals surface area (Å²) in [6, 6.07) is 6.03. The average Bonchev–Trinajstić information content (AvgIpc) is 2.48. The minimum atomic E-state index is 0. The molecule has 1 aliphatic rings. The Morgan fingerprint density at radius 3 is 2.77 bits per heavy atom. The summed E-state index contributed by atoms with van der Waals surface area (Å²) in [4.78, 5) is 10.9. The van der Waals surface area contributed by atoms with E-state index in [0.717, 1.165) is 11.3 Å². The number of amides is 1. The number of benzene rings is 1. The van der Waals surface area contributed by atoms with Crippen LogP contribution in [-0.2, 0) is 11.2 Å². The van der Waals surface area contributed by atoms with Crippen molar-refractivity contribution in [3.8, 4) is 0 Å². The monoisotopic (exact) mass is 179 g/mol. The summed E-state index contributed by atoms with van der Waals surface area (Å²) < 4.78 is 0. The van der Waals surface area contributed by atoms with Gasteiger partial charge in [0.25, 0.3) is 0 Å². The van der Waals surface area contributed by atoms with Gasteiger partial charge in [0.2, 0.25) is 5.91 Å². The van der Waals surface area contributed by atoms with Gasteiger partial charge in [-0.15, -0.1) is 0 Å². The molecule has 0 spiro atoms. The molecule has 0 bridgehead atoms. The standard InChI is InChI=1S/C9H9NO.C2H6.H2/c1-6-2-3-7-5-9(11)10-8(7)4-6;1-2;/h2-4H,5H2,1H3,(H,10,11);1-2H3;1H. The number of hydrogen-bond acceptors (Lipinski definition) is 1. The molecule has 0 fully saturated rings. The zero-order valence-electron chi connectivity index (χ0n) is 8.35. The maximum atomic E-state index is 10.9. The van der Waals surface area contributed by atoms with Crippen molar-refractivity contribution in [1.82, 2.24) is 0 Å². The second-order valence-electron chi connectivity index (χ2n) is 2.89. The van der Waals surface area contributed by atoms with E-state index in [9.17, 15) is 4.79 Å². The first-order valence-electron chi connectivity index (χ1n) is 4.65. The van der Waals surface area contributed by atoms with Gasteiger partial charge in [-0.1, -0.05) is 26.0 Å². The Bertz CT molecular complexity index is 323. The predicted octanol–water partition coefficient (Wildman–Crippen LogP) is 2.76. The van der Waals surface area contributed by atoms with Crippen molar-refractivity contribution in [2.75, 3.05) is 5.32 Å². The molecule has 2 heteroatoms.